The quantitative estimate of drug-likeness (QED) is 0.838. The number of nitrogens with one attached hydrogen (secondary N) is 1. The summed E-state index contributed by atoms with van der Waals surface area (Å²) < 4.78 is 5.24. The topological polar surface area (TPSA) is 67.4 Å². The standard InChI is InChI=1S/C14H21ClN4O2/c1-3-11-17-13(15)10(2)14(18-11)16-5-4-12(20)19-6-8-21-9-7-19/h3-9H2,1-2H3,(H,16,17,18). The van der Waals surface area contributed by atoms with Crippen LogP contribution in [0.4, 0.5) is 5.82 Å². The molecule has 7 heteroatoms. The first-order chi connectivity index (χ1) is 10.1. The van der Waals surface area contributed by atoms with Gasteiger partial charge in [0.15, 0.2) is 0 Å². The van der Waals surface area contributed by atoms with E-state index in [9.17, 15) is 4.79 Å². The molecular formula is C14H21ClN4O2. The summed E-state index contributed by atoms with van der Waals surface area (Å²) in [7, 11) is 0. The predicted molar refractivity (Wildman–Crippen MR) is 81.7 cm³/mol. The zero-order valence-electron chi connectivity index (χ0n) is 12.5. The van der Waals surface area contributed by atoms with Crippen LogP contribution in [0.25, 0.3) is 0 Å². The van der Waals surface area contributed by atoms with Gasteiger partial charge in [-0.25, -0.2) is 9.97 Å². The van der Waals surface area contributed by atoms with Gasteiger partial charge in [-0.3, -0.25) is 4.79 Å². The van der Waals surface area contributed by atoms with Gasteiger partial charge < -0.3 is 15.0 Å². The van der Waals surface area contributed by atoms with E-state index in [1.54, 1.807) is 0 Å². The first-order valence-electron chi connectivity index (χ1n) is 7.24. The van der Waals surface area contributed by atoms with Crippen molar-refractivity contribution in [2.45, 2.75) is 26.7 Å². The smallest absolute Gasteiger partial charge is 0.224 e. The Morgan fingerprint density at radius 2 is 2.10 bits per heavy atom. The van der Waals surface area contributed by atoms with E-state index in [1.165, 1.54) is 0 Å². The largest absolute Gasteiger partial charge is 0.378 e. The molecule has 1 amide bonds. The molecule has 116 valence electrons. The van der Waals surface area contributed by atoms with Crippen LogP contribution in [-0.2, 0) is 16.0 Å². The summed E-state index contributed by atoms with van der Waals surface area (Å²) in [6.45, 7) is 6.99. The van der Waals surface area contributed by atoms with Crippen molar-refractivity contribution in [1.29, 1.82) is 0 Å². The number of aryl methyl sites for hydroxylation is 1. The highest BCUT2D eigenvalue weighted by Gasteiger charge is 2.16. The Morgan fingerprint density at radius 1 is 1.38 bits per heavy atom. The molecule has 1 aromatic heterocycles. The SMILES string of the molecule is CCc1nc(Cl)c(C)c(NCCC(=O)N2CCOCC2)n1. The van der Waals surface area contributed by atoms with Crippen LogP contribution in [0, 0.1) is 6.92 Å². The number of morpholine rings is 1. The van der Waals surface area contributed by atoms with Gasteiger partial charge in [0.05, 0.1) is 13.2 Å². The first-order valence-corrected chi connectivity index (χ1v) is 7.62. The maximum atomic E-state index is 12.0. The van der Waals surface area contributed by atoms with E-state index in [0.29, 0.717) is 56.1 Å². The lowest BCUT2D eigenvalue weighted by atomic mass is 10.3. The minimum atomic E-state index is 0.138. The fourth-order valence-electron chi connectivity index (χ4n) is 2.12. The van der Waals surface area contributed by atoms with Gasteiger partial charge in [0, 0.05) is 38.0 Å². The summed E-state index contributed by atoms with van der Waals surface area (Å²) in [5, 5.41) is 3.65. The minimum Gasteiger partial charge on any atom is -0.378 e. The fourth-order valence-corrected chi connectivity index (χ4v) is 2.31. The molecule has 2 heterocycles. The van der Waals surface area contributed by atoms with Crippen LogP contribution in [0.15, 0.2) is 0 Å². The maximum absolute atomic E-state index is 12.0. The predicted octanol–water partition coefficient (Wildman–Crippen LogP) is 1.66. The molecule has 0 radical (unpaired) electrons. The number of amides is 1. The highest BCUT2D eigenvalue weighted by atomic mass is 35.5. The van der Waals surface area contributed by atoms with Crippen molar-refractivity contribution in [3.63, 3.8) is 0 Å². The molecule has 1 fully saturated rings. The zero-order chi connectivity index (χ0) is 15.2. The lowest BCUT2D eigenvalue weighted by Gasteiger charge is -2.26. The summed E-state index contributed by atoms with van der Waals surface area (Å²) in [5.74, 6) is 1.55. The van der Waals surface area contributed by atoms with Crippen LogP contribution >= 0.6 is 11.6 Å². The average Bonchev–Trinajstić information content (AvgIpc) is 2.51. The lowest BCUT2D eigenvalue weighted by Crippen LogP contribution is -2.41. The number of aromatic nitrogens is 2. The third-order valence-electron chi connectivity index (χ3n) is 3.44. The van der Waals surface area contributed by atoms with E-state index in [1.807, 2.05) is 18.7 Å². The molecule has 0 saturated carbocycles. The minimum absolute atomic E-state index is 0.138. The second-order valence-electron chi connectivity index (χ2n) is 4.93. The molecule has 1 saturated heterocycles. The molecule has 0 aromatic carbocycles. The second-order valence-corrected chi connectivity index (χ2v) is 5.29. The number of nitrogens with zero attached hydrogens (tertiary/aromatic N) is 3. The van der Waals surface area contributed by atoms with Crippen molar-refractivity contribution >= 4 is 23.3 Å². The Bertz CT molecular complexity index is 504. The Kier molecular flexibility index (Phi) is 5.76. The molecule has 1 aliphatic heterocycles. The summed E-state index contributed by atoms with van der Waals surface area (Å²) in [6, 6.07) is 0. The molecule has 21 heavy (non-hydrogen) atoms. The second kappa shape index (κ2) is 7.56. The number of anilines is 1. The van der Waals surface area contributed by atoms with E-state index in [2.05, 4.69) is 15.3 Å². The molecule has 2 rings (SSSR count). The number of rotatable bonds is 5. The van der Waals surface area contributed by atoms with E-state index in [-0.39, 0.29) is 5.91 Å². The van der Waals surface area contributed by atoms with Crippen LogP contribution in [0.1, 0.15) is 24.7 Å². The fraction of sp³-hybridized carbons (Fsp3) is 0.643. The normalized spacial score (nSPS) is 15.1. The molecular weight excluding hydrogens is 292 g/mol. The first kappa shape index (κ1) is 16.0. The van der Waals surface area contributed by atoms with Crippen LogP contribution in [0.5, 0.6) is 0 Å². The number of ether oxygens (including phenoxy) is 1. The zero-order valence-corrected chi connectivity index (χ0v) is 13.2. The highest BCUT2D eigenvalue weighted by Crippen LogP contribution is 2.20. The van der Waals surface area contributed by atoms with Gasteiger partial charge in [0.2, 0.25) is 5.91 Å². The Balaban J connectivity index is 1.88. The van der Waals surface area contributed by atoms with E-state index >= 15 is 0 Å². The van der Waals surface area contributed by atoms with Gasteiger partial charge in [-0.1, -0.05) is 18.5 Å². The van der Waals surface area contributed by atoms with Crippen LogP contribution in [0.2, 0.25) is 5.15 Å². The number of hydrogen-bond acceptors (Lipinski definition) is 5. The van der Waals surface area contributed by atoms with Gasteiger partial charge >= 0.3 is 0 Å². The van der Waals surface area contributed by atoms with Crippen molar-refractivity contribution in [1.82, 2.24) is 14.9 Å². The number of hydrogen-bond donors (Lipinski definition) is 1. The van der Waals surface area contributed by atoms with Crippen LogP contribution in [0.3, 0.4) is 0 Å². The van der Waals surface area contributed by atoms with Gasteiger partial charge in [-0.2, -0.15) is 0 Å². The molecule has 1 aromatic rings. The summed E-state index contributed by atoms with van der Waals surface area (Å²) >= 11 is 6.08. The van der Waals surface area contributed by atoms with E-state index < -0.39 is 0 Å². The third-order valence-corrected chi connectivity index (χ3v) is 3.81. The molecule has 0 atom stereocenters. The molecule has 0 unspecified atom stereocenters. The van der Waals surface area contributed by atoms with Gasteiger partial charge in [-0.15, -0.1) is 0 Å². The summed E-state index contributed by atoms with van der Waals surface area (Å²) in [6.07, 6.45) is 1.16. The third kappa shape index (κ3) is 4.28. The number of halogens is 1. The van der Waals surface area contributed by atoms with E-state index in [4.69, 9.17) is 16.3 Å². The molecule has 1 aliphatic rings. The lowest BCUT2D eigenvalue weighted by molar-refractivity contribution is -0.134. The summed E-state index contributed by atoms with van der Waals surface area (Å²) in [5.41, 5.74) is 0.813. The molecule has 0 bridgehead atoms. The Hall–Kier alpha value is -1.40. The highest BCUT2D eigenvalue weighted by molar-refractivity contribution is 6.30. The van der Waals surface area contributed by atoms with Crippen molar-refractivity contribution < 1.29 is 9.53 Å². The van der Waals surface area contributed by atoms with Gasteiger partial charge in [-0.05, 0) is 6.92 Å². The molecule has 0 aliphatic carbocycles. The monoisotopic (exact) mass is 312 g/mol. The van der Waals surface area contributed by atoms with E-state index in [0.717, 1.165) is 12.0 Å². The summed E-state index contributed by atoms with van der Waals surface area (Å²) in [4.78, 5) is 22.5. The van der Waals surface area contributed by atoms with Crippen molar-refractivity contribution in [2.75, 3.05) is 38.2 Å². The van der Waals surface area contributed by atoms with Crippen molar-refractivity contribution in [3.8, 4) is 0 Å². The van der Waals surface area contributed by atoms with Gasteiger partial charge in [0.1, 0.15) is 16.8 Å². The van der Waals surface area contributed by atoms with Gasteiger partial charge in [0.25, 0.3) is 0 Å². The molecule has 6 nitrogen and oxygen atoms in total. The number of carbonyl (C=O) groups is 1. The Labute approximate surface area is 129 Å². The number of carbonyl (C=O) groups excluding carboxylic acids is 1. The van der Waals surface area contributed by atoms with Crippen molar-refractivity contribution in [3.05, 3.63) is 16.5 Å². The molecule has 0 spiro atoms. The Morgan fingerprint density at radius 3 is 2.76 bits per heavy atom. The average molecular weight is 313 g/mol. The van der Waals surface area contributed by atoms with Crippen LogP contribution in [-0.4, -0.2) is 53.6 Å². The maximum Gasteiger partial charge on any atom is 0.224 e. The van der Waals surface area contributed by atoms with Crippen molar-refractivity contribution in [2.24, 2.45) is 0 Å². The molecule has 1 N–H and O–H groups in total. The van der Waals surface area contributed by atoms with Crippen LogP contribution < -0.4 is 5.32 Å².